The zero-order valence-corrected chi connectivity index (χ0v) is 14.7. The van der Waals surface area contributed by atoms with Crippen molar-refractivity contribution >= 4 is 21.6 Å². The summed E-state index contributed by atoms with van der Waals surface area (Å²) in [5.74, 6) is -0.132. The third kappa shape index (κ3) is 5.27. The van der Waals surface area contributed by atoms with Crippen LogP contribution in [0.4, 0.5) is 10.1 Å². The Kier molecular flexibility index (Phi) is 6.11. The Hall–Kier alpha value is -2.45. The van der Waals surface area contributed by atoms with Gasteiger partial charge in [-0.25, -0.2) is 12.8 Å². The first-order valence-corrected chi connectivity index (χ1v) is 8.95. The summed E-state index contributed by atoms with van der Waals surface area (Å²) in [7, 11) is -2.22. The SMILES string of the molecule is CC(=O)Nc1ccc(S(=O)(=O)N(C)CCOc2ccc(F)cc2)cc1. The van der Waals surface area contributed by atoms with E-state index in [0.29, 0.717) is 11.4 Å². The molecule has 0 unspecified atom stereocenters. The van der Waals surface area contributed by atoms with E-state index in [-0.39, 0.29) is 29.8 Å². The van der Waals surface area contributed by atoms with Gasteiger partial charge in [-0.3, -0.25) is 4.79 Å². The topological polar surface area (TPSA) is 75.7 Å². The van der Waals surface area contributed by atoms with Crippen LogP contribution in [0.1, 0.15) is 6.92 Å². The summed E-state index contributed by atoms with van der Waals surface area (Å²) in [5, 5.41) is 2.58. The van der Waals surface area contributed by atoms with E-state index in [1.54, 1.807) is 0 Å². The largest absolute Gasteiger partial charge is 0.492 e. The molecule has 0 radical (unpaired) electrons. The highest BCUT2D eigenvalue weighted by molar-refractivity contribution is 7.89. The predicted molar refractivity (Wildman–Crippen MR) is 92.5 cm³/mol. The lowest BCUT2D eigenvalue weighted by Gasteiger charge is -2.17. The van der Waals surface area contributed by atoms with Gasteiger partial charge in [0.05, 0.1) is 4.90 Å². The minimum Gasteiger partial charge on any atom is -0.492 e. The Morgan fingerprint density at radius 2 is 1.72 bits per heavy atom. The van der Waals surface area contributed by atoms with Crippen molar-refractivity contribution in [3.8, 4) is 5.75 Å². The lowest BCUT2D eigenvalue weighted by molar-refractivity contribution is -0.114. The minimum absolute atomic E-state index is 0.117. The van der Waals surface area contributed by atoms with E-state index in [2.05, 4.69) is 5.32 Å². The van der Waals surface area contributed by atoms with Crippen molar-refractivity contribution in [2.75, 3.05) is 25.5 Å². The zero-order valence-electron chi connectivity index (χ0n) is 13.9. The smallest absolute Gasteiger partial charge is 0.242 e. The fourth-order valence-corrected chi connectivity index (χ4v) is 3.19. The van der Waals surface area contributed by atoms with Gasteiger partial charge in [0.1, 0.15) is 18.2 Å². The molecule has 0 atom stereocenters. The monoisotopic (exact) mass is 366 g/mol. The van der Waals surface area contributed by atoms with E-state index in [9.17, 15) is 17.6 Å². The highest BCUT2D eigenvalue weighted by Crippen LogP contribution is 2.18. The first-order chi connectivity index (χ1) is 11.8. The van der Waals surface area contributed by atoms with E-state index in [4.69, 9.17) is 4.74 Å². The number of amides is 1. The van der Waals surface area contributed by atoms with Crippen molar-refractivity contribution in [2.24, 2.45) is 0 Å². The van der Waals surface area contributed by atoms with E-state index in [1.165, 1.54) is 66.8 Å². The van der Waals surface area contributed by atoms with Crippen molar-refractivity contribution in [3.63, 3.8) is 0 Å². The number of hydrogen-bond acceptors (Lipinski definition) is 4. The number of benzene rings is 2. The molecular formula is C17H19FN2O4S. The Bertz CT molecular complexity index is 821. The Morgan fingerprint density at radius 3 is 2.28 bits per heavy atom. The third-order valence-corrected chi connectivity index (χ3v) is 5.24. The molecule has 0 aromatic heterocycles. The normalized spacial score (nSPS) is 11.4. The van der Waals surface area contributed by atoms with Crippen molar-refractivity contribution < 1.29 is 22.3 Å². The number of carbonyl (C=O) groups is 1. The summed E-state index contributed by atoms with van der Waals surface area (Å²) in [6, 6.07) is 11.4. The molecule has 0 aliphatic heterocycles. The maximum Gasteiger partial charge on any atom is 0.242 e. The number of hydrogen-bond donors (Lipinski definition) is 1. The molecule has 1 N–H and O–H groups in total. The average molecular weight is 366 g/mol. The molecule has 0 aliphatic rings. The molecule has 0 fully saturated rings. The fraction of sp³-hybridized carbons (Fsp3) is 0.235. The van der Waals surface area contributed by atoms with Crippen LogP contribution in [0.25, 0.3) is 0 Å². The molecule has 0 saturated heterocycles. The number of carbonyl (C=O) groups excluding carboxylic acids is 1. The van der Waals surface area contributed by atoms with Crippen molar-refractivity contribution in [2.45, 2.75) is 11.8 Å². The predicted octanol–water partition coefficient (Wildman–Crippen LogP) is 2.48. The van der Waals surface area contributed by atoms with Gasteiger partial charge in [0, 0.05) is 26.2 Å². The van der Waals surface area contributed by atoms with Crippen LogP contribution in [-0.4, -0.2) is 38.8 Å². The first kappa shape index (κ1) is 18.9. The third-order valence-electron chi connectivity index (χ3n) is 3.37. The summed E-state index contributed by atoms with van der Waals surface area (Å²) in [4.78, 5) is 11.1. The number of sulfonamides is 1. The Morgan fingerprint density at radius 1 is 1.12 bits per heavy atom. The van der Waals surface area contributed by atoms with Crippen LogP contribution in [0.2, 0.25) is 0 Å². The lowest BCUT2D eigenvalue weighted by atomic mass is 10.3. The number of nitrogens with zero attached hydrogens (tertiary/aromatic N) is 1. The van der Waals surface area contributed by atoms with Gasteiger partial charge in [0.25, 0.3) is 0 Å². The molecule has 25 heavy (non-hydrogen) atoms. The van der Waals surface area contributed by atoms with Crippen LogP contribution >= 0.6 is 0 Å². The minimum atomic E-state index is -3.66. The van der Waals surface area contributed by atoms with Crippen molar-refractivity contribution in [3.05, 3.63) is 54.3 Å². The maximum absolute atomic E-state index is 12.8. The van der Waals surface area contributed by atoms with Crippen LogP contribution in [-0.2, 0) is 14.8 Å². The molecule has 0 spiro atoms. The van der Waals surface area contributed by atoms with E-state index in [1.807, 2.05) is 0 Å². The van der Waals surface area contributed by atoms with Crippen LogP contribution in [0.5, 0.6) is 5.75 Å². The number of anilines is 1. The molecule has 1 amide bonds. The van der Waals surface area contributed by atoms with Crippen LogP contribution in [0, 0.1) is 5.82 Å². The standard InChI is InChI=1S/C17H19FN2O4S/c1-13(21)19-15-5-9-17(10-6-15)25(22,23)20(2)11-12-24-16-7-3-14(18)4-8-16/h3-10H,11-12H2,1-2H3,(H,19,21). The number of halogens is 1. The van der Waals surface area contributed by atoms with Gasteiger partial charge in [-0.1, -0.05) is 0 Å². The van der Waals surface area contributed by atoms with Gasteiger partial charge in [-0.05, 0) is 48.5 Å². The molecule has 6 nitrogen and oxygen atoms in total. The van der Waals surface area contributed by atoms with Crippen LogP contribution in [0.3, 0.4) is 0 Å². The molecule has 2 aromatic rings. The van der Waals surface area contributed by atoms with Crippen molar-refractivity contribution in [1.82, 2.24) is 4.31 Å². The van der Waals surface area contributed by atoms with Crippen LogP contribution < -0.4 is 10.1 Å². The first-order valence-electron chi connectivity index (χ1n) is 7.51. The van der Waals surface area contributed by atoms with Crippen LogP contribution in [0.15, 0.2) is 53.4 Å². The van der Waals surface area contributed by atoms with Crippen molar-refractivity contribution in [1.29, 1.82) is 0 Å². The molecule has 0 saturated carbocycles. The molecule has 0 aliphatic carbocycles. The average Bonchev–Trinajstić information content (AvgIpc) is 2.56. The van der Waals surface area contributed by atoms with Gasteiger partial charge < -0.3 is 10.1 Å². The number of nitrogens with one attached hydrogen (secondary N) is 1. The molecule has 2 aromatic carbocycles. The second-order valence-corrected chi connectivity index (χ2v) is 7.38. The maximum atomic E-state index is 12.8. The van der Waals surface area contributed by atoms with Gasteiger partial charge in [0.15, 0.2) is 0 Å². The number of rotatable bonds is 7. The van der Waals surface area contributed by atoms with E-state index in [0.717, 1.165) is 0 Å². The lowest BCUT2D eigenvalue weighted by Crippen LogP contribution is -2.31. The van der Waals surface area contributed by atoms with Gasteiger partial charge >= 0.3 is 0 Å². The Labute approximate surface area is 146 Å². The summed E-state index contributed by atoms with van der Waals surface area (Å²) < 4.78 is 44.4. The second-order valence-electron chi connectivity index (χ2n) is 5.33. The molecule has 134 valence electrons. The highest BCUT2D eigenvalue weighted by atomic mass is 32.2. The molecular weight excluding hydrogens is 347 g/mol. The Balaban J connectivity index is 1.95. The zero-order chi connectivity index (χ0) is 18.4. The molecule has 2 rings (SSSR count). The van der Waals surface area contributed by atoms with E-state index < -0.39 is 10.0 Å². The summed E-state index contributed by atoms with van der Waals surface area (Å²) in [6.07, 6.45) is 0. The van der Waals surface area contributed by atoms with E-state index >= 15 is 0 Å². The highest BCUT2D eigenvalue weighted by Gasteiger charge is 2.20. The molecule has 0 bridgehead atoms. The fourth-order valence-electron chi connectivity index (χ4n) is 2.04. The van der Waals surface area contributed by atoms with Gasteiger partial charge in [0.2, 0.25) is 15.9 Å². The summed E-state index contributed by atoms with van der Waals surface area (Å²) in [6.45, 7) is 1.64. The number of likely N-dealkylation sites (N-methyl/N-ethyl adjacent to an activating group) is 1. The number of ether oxygens (including phenoxy) is 1. The van der Waals surface area contributed by atoms with Gasteiger partial charge in [-0.15, -0.1) is 0 Å². The molecule has 0 heterocycles. The molecule has 8 heteroatoms. The summed E-state index contributed by atoms with van der Waals surface area (Å²) in [5.41, 5.74) is 0.522. The van der Waals surface area contributed by atoms with Gasteiger partial charge in [-0.2, -0.15) is 4.31 Å². The second kappa shape index (κ2) is 8.09. The quantitative estimate of drug-likeness (QED) is 0.817. The summed E-state index contributed by atoms with van der Waals surface area (Å²) >= 11 is 0.